The van der Waals surface area contributed by atoms with Gasteiger partial charge in [-0.3, -0.25) is 39.5 Å². The van der Waals surface area contributed by atoms with Crippen molar-refractivity contribution in [3.8, 4) is 0 Å². The summed E-state index contributed by atoms with van der Waals surface area (Å²) in [6.07, 6.45) is 9.01. The molecule has 0 saturated heterocycles. The highest BCUT2D eigenvalue weighted by Crippen LogP contribution is 2.27. The highest BCUT2D eigenvalue weighted by atomic mass is 31.1. The van der Waals surface area contributed by atoms with Crippen molar-refractivity contribution in [1.29, 1.82) is 15.5 Å². The molecule has 0 fully saturated rings. The molecular formula is C36H73N4O9P3. The van der Waals surface area contributed by atoms with Gasteiger partial charge in [-0.1, -0.05) is 29.7 Å². The number of unbranched alkanes of at least 4 members (excludes halogenated alkanes) is 3. The number of rotatable bonds is 36. The van der Waals surface area contributed by atoms with Crippen LogP contribution in [0.3, 0.4) is 0 Å². The molecule has 306 valence electrons. The minimum atomic E-state index is -0.921. The van der Waals surface area contributed by atoms with Gasteiger partial charge in [-0.15, -0.1) is 0 Å². The topological polar surface area (TPSA) is 206 Å². The summed E-state index contributed by atoms with van der Waals surface area (Å²) in [5, 5.41) is 24.4. The van der Waals surface area contributed by atoms with Crippen molar-refractivity contribution >= 4 is 54.3 Å². The molecule has 0 atom stereocenters. The number of carbonyl (C=O) groups is 5. The van der Waals surface area contributed by atoms with Crippen LogP contribution >= 0.6 is 25.1 Å². The van der Waals surface area contributed by atoms with E-state index >= 15 is 0 Å². The molecule has 0 radical (unpaired) electrons. The van der Waals surface area contributed by atoms with E-state index in [4.69, 9.17) is 29.7 Å². The van der Waals surface area contributed by atoms with Crippen LogP contribution in [0.25, 0.3) is 0 Å². The first-order valence-electron chi connectivity index (χ1n) is 16.8. The Bertz CT molecular complexity index is 887. The second kappa shape index (κ2) is 41.9. The van der Waals surface area contributed by atoms with Crippen LogP contribution in [0.1, 0.15) is 126 Å². The lowest BCUT2D eigenvalue weighted by atomic mass is 9.84. The predicted molar refractivity (Wildman–Crippen MR) is 215 cm³/mol. The average molecular weight is 799 g/mol. The van der Waals surface area contributed by atoms with E-state index in [0.717, 1.165) is 44.4 Å². The molecule has 0 aromatic carbocycles. The number of methoxy groups -OCH3 is 1. The Morgan fingerprint density at radius 2 is 0.942 bits per heavy atom. The summed E-state index contributed by atoms with van der Waals surface area (Å²) < 4.78 is 22.6. The standard InChI is InChI=1S/C32H57N4O9P3.4CH4/c1-42-31(41)12-3-2-11-29(39)23-32(24-43-17-13-27(37)9-4-6-20-46-33,25-44-18-14-28(38)10-5-7-21-47-34)26-45-19-15-30(40)36-16-8-22-48-35;;;;/h33-35H,2-26H2,1H3,(H,36,40);4*1H4. The summed E-state index contributed by atoms with van der Waals surface area (Å²) in [5.41, 5.74) is -0.921. The van der Waals surface area contributed by atoms with Gasteiger partial charge in [-0.05, 0) is 70.1 Å². The molecule has 0 aliphatic rings. The van der Waals surface area contributed by atoms with E-state index in [1.165, 1.54) is 7.11 Å². The van der Waals surface area contributed by atoms with Gasteiger partial charge in [-0.25, -0.2) is 0 Å². The summed E-state index contributed by atoms with van der Waals surface area (Å²) >= 11 is 0. The first kappa shape index (κ1) is 59.4. The van der Waals surface area contributed by atoms with E-state index in [1.54, 1.807) is 0 Å². The van der Waals surface area contributed by atoms with Crippen LogP contribution < -0.4 is 5.32 Å². The SMILES string of the molecule is C.C.C.C.COC(=O)CCCCC(=O)CC(COCCC(=O)CCCCP=N)(COCCC(=O)CCCCP=N)COCCC(=O)NCCCP=N. The molecule has 0 bridgehead atoms. The highest BCUT2D eigenvalue weighted by Gasteiger charge is 2.34. The van der Waals surface area contributed by atoms with E-state index in [-0.39, 0.29) is 137 Å². The van der Waals surface area contributed by atoms with E-state index in [1.807, 2.05) is 0 Å². The molecule has 16 heteroatoms. The van der Waals surface area contributed by atoms with E-state index in [2.05, 4.69) is 10.1 Å². The van der Waals surface area contributed by atoms with Gasteiger partial charge in [0.15, 0.2) is 0 Å². The monoisotopic (exact) mass is 798 g/mol. The minimum Gasteiger partial charge on any atom is -0.469 e. The van der Waals surface area contributed by atoms with Crippen molar-refractivity contribution < 1.29 is 42.9 Å². The average Bonchev–Trinajstić information content (AvgIpc) is 3.07. The third-order valence-corrected chi connectivity index (χ3v) is 8.97. The van der Waals surface area contributed by atoms with Crippen LogP contribution in [0.5, 0.6) is 0 Å². The summed E-state index contributed by atoms with van der Waals surface area (Å²) in [6.45, 7) is 1.15. The van der Waals surface area contributed by atoms with Crippen LogP contribution in [0.4, 0.5) is 0 Å². The van der Waals surface area contributed by atoms with E-state index < -0.39 is 5.41 Å². The lowest BCUT2D eigenvalue weighted by molar-refractivity contribution is -0.141. The third-order valence-electron chi connectivity index (χ3n) is 7.35. The van der Waals surface area contributed by atoms with E-state index in [9.17, 15) is 24.0 Å². The Balaban J connectivity index is -0.00000184. The number of ketones is 3. The van der Waals surface area contributed by atoms with Crippen LogP contribution in [0.2, 0.25) is 0 Å². The van der Waals surface area contributed by atoms with Crippen molar-refractivity contribution in [3.63, 3.8) is 0 Å². The number of Topliss-reactive ketones (excluding diaryl/α,β-unsaturated/α-hetero) is 3. The summed E-state index contributed by atoms with van der Waals surface area (Å²) in [6, 6.07) is 0. The van der Waals surface area contributed by atoms with Crippen LogP contribution in [-0.4, -0.2) is 101 Å². The number of esters is 1. The first-order valence-corrected chi connectivity index (χ1v) is 20.1. The van der Waals surface area contributed by atoms with Crippen LogP contribution in [0, 0.1) is 20.9 Å². The maximum Gasteiger partial charge on any atom is 0.305 e. The molecule has 52 heavy (non-hydrogen) atoms. The third kappa shape index (κ3) is 36.5. The zero-order valence-electron chi connectivity index (χ0n) is 28.7. The molecule has 13 nitrogen and oxygen atoms in total. The molecule has 0 rings (SSSR count). The van der Waals surface area contributed by atoms with Crippen LogP contribution in [0.15, 0.2) is 0 Å². The lowest BCUT2D eigenvalue weighted by Gasteiger charge is -2.33. The summed E-state index contributed by atoms with van der Waals surface area (Å²) in [7, 11) is 3.00. The van der Waals surface area contributed by atoms with E-state index in [0.29, 0.717) is 63.5 Å². The molecular weight excluding hydrogens is 725 g/mol. The van der Waals surface area contributed by atoms with Crippen molar-refractivity contribution in [2.75, 3.05) is 71.8 Å². The van der Waals surface area contributed by atoms with Gasteiger partial charge in [0.25, 0.3) is 0 Å². The number of nitrogens with one attached hydrogen (secondary N) is 4. The largest absolute Gasteiger partial charge is 0.469 e. The molecule has 0 heterocycles. The quantitative estimate of drug-likeness (QED) is 0.0270. The molecule has 0 aromatic heterocycles. The predicted octanol–water partition coefficient (Wildman–Crippen LogP) is 9.54. The summed E-state index contributed by atoms with van der Waals surface area (Å²) in [5.74, 6) is -0.409. The number of carbonyl (C=O) groups excluding carboxylic acids is 5. The number of amides is 1. The van der Waals surface area contributed by atoms with Gasteiger partial charge < -0.3 is 24.3 Å². The molecule has 0 saturated carbocycles. The minimum absolute atomic E-state index is 0. The maximum atomic E-state index is 13.2. The number of hydrogen-bond acceptors (Lipinski definition) is 12. The zero-order valence-corrected chi connectivity index (χ0v) is 31.4. The van der Waals surface area contributed by atoms with Gasteiger partial charge in [0.2, 0.25) is 5.91 Å². The molecule has 0 aliphatic heterocycles. The van der Waals surface area contributed by atoms with Crippen LogP contribution in [-0.2, 0) is 42.9 Å². The Kier molecular flexibility index (Phi) is 47.8. The molecule has 1 amide bonds. The maximum absolute atomic E-state index is 13.2. The van der Waals surface area contributed by atoms with Crippen molar-refractivity contribution in [3.05, 3.63) is 0 Å². The first-order chi connectivity index (χ1) is 23.2. The Hall–Kier alpha value is -1.87. The fourth-order valence-electron chi connectivity index (χ4n) is 4.63. The van der Waals surface area contributed by atoms with Gasteiger partial charge >= 0.3 is 5.97 Å². The fourth-order valence-corrected chi connectivity index (χ4v) is 5.71. The van der Waals surface area contributed by atoms with Gasteiger partial charge in [0.05, 0.1) is 46.8 Å². The second-order valence-corrected chi connectivity index (χ2v) is 14.0. The Morgan fingerprint density at radius 3 is 1.40 bits per heavy atom. The fraction of sp³-hybridized carbons (Fsp3) is 0.861. The number of hydrogen-bond donors (Lipinski definition) is 4. The molecule has 0 aliphatic carbocycles. The normalized spacial score (nSPS) is 11.6. The lowest BCUT2D eigenvalue weighted by Crippen LogP contribution is -2.40. The molecule has 0 aromatic rings. The zero-order chi connectivity index (χ0) is 35.7. The number of ether oxygens (including phenoxy) is 4. The molecule has 0 spiro atoms. The molecule has 0 unspecified atom stereocenters. The van der Waals surface area contributed by atoms with Gasteiger partial charge in [0.1, 0.15) is 17.3 Å². The Labute approximate surface area is 320 Å². The van der Waals surface area contributed by atoms with Crippen molar-refractivity contribution in [2.24, 2.45) is 5.41 Å². The molecule has 4 N–H and O–H groups in total. The second-order valence-electron chi connectivity index (χ2n) is 11.7. The van der Waals surface area contributed by atoms with Crippen molar-refractivity contribution in [1.82, 2.24) is 5.32 Å². The van der Waals surface area contributed by atoms with Gasteiger partial charge in [0, 0.05) is 81.8 Å². The van der Waals surface area contributed by atoms with Crippen molar-refractivity contribution in [2.45, 2.75) is 126 Å². The Morgan fingerprint density at radius 1 is 0.538 bits per heavy atom. The summed E-state index contributed by atoms with van der Waals surface area (Å²) in [4.78, 5) is 61.6. The van der Waals surface area contributed by atoms with Gasteiger partial charge in [-0.2, -0.15) is 0 Å². The smallest absolute Gasteiger partial charge is 0.305 e. The highest BCUT2D eigenvalue weighted by molar-refractivity contribution is 7.25.